The minimum Gasteiger partial charge on any atom is -0.342 e. The fourth-order valence-corrected chi connectivity index (χ4v) is 2.52. The van der Waals surface area contributed by atoms with Gasteiger partial charge >= 0.3 is 0 Å². The highest BCUT2D eigenvalue weighted by atomic mass is 16.2. The summed E-state index contributed by atoms with van der Waals surface area (Å²) in [5, 5.41) is 3.34. The summed E-state index contributed by atoms with van der Waals surface area (Å²) in [6.07, 6.45) is 7.59. The maximum absolute atomic E-state index is 11.9. The van der Waals surface area contributed by atoms with Gasteiger partial charge in [-0.3, -0.25) is 4.79 Å². The molecule has 0 bridgehead atoms. The van der Waals surface area contributed by atoms with Crippen molar-refractivity contribution in [2.24, 2.45) is 5.41 Å². The number of hydrogen-bond donors (Lipinski definition) is 1. The predicted molar refractivity (Wildman–Crippen MR) is 65.3 cm³/mol. The van der Waals surface area contributed by atoms with E-state index in [2.05, 4.69) is 12.2 Å². The molecule has 0 aromatic carbocycles. The molecule has 0 spiro atoms. The van der Waals surface area contributed by atoms with E-state index in [0.717, 1.165) is 19.6 Å². The van der Waals surface area contributed by atoms with Crippen LogP contribution in [0.1, 0.15) is 45.4 Å². The summed E-state index contributed by atoms with van der Waals surface area (Å²) in [7, 11) is 0. The second kappa shape index (κ2) is 5.17. The van der Waals surface area contributed by atoms with Crippen LogP contribution < -0.4 is 5.32 Å². The van der Waals surface area contributed by atoms with E-state index < -0.39 is 0 Å². The number of nitrogens with zero attached hydrogens (tertiary/aromatic N) is 1. The van der Waals surface area contributed by atoms with E-state index in [1.54, 1.807) is 0 Å². The molecule has 1 aliphatic carbocycles. The van der Waals surface area contributed by atoms with E-state index in [-0.39, 0.29) is 0 Å². The molecule has 1 aliphatic heterocycles. The summed E-state index contributed by atoms with van der Waals surface area (Å²) in [6, 6.07) is 0. The van der Waals surface area contributed by atoms with Gasteiger partial charge in [-0.25, -0.2) is 0 Å². The van der Waals surface area contributed by atoms with Gasteiger partial charge in [0.05, 0.1) is 6.54 Å². The molecule has 3 heteroatoms. The monoisotopic (exact) mass is 224 g/mol. The van der Waals surface area contributed by atoms with E-state index in [1.807, 2.05) is 4.90 Å². The zero-order chi connectivity index (χ0) is 11.4. The van der Waals surface area contributed by atoms with Gasteiger partial charge in [0.25, 0.3) is 0 Å². The molecule has 0 radical (unpaired) electrons. The molecule has 2 aliphatic rings. The minimum atomic E-state index is 0.298. The first kappa shape index (κ1) is 11.9. The van der Waals surface area contributed by atoms with E-state index in [4.69, 9.17) is 0 Å². The number of hydrogen-bond acceptors (Lipinski definition) is 2. The smallest absolute Gasteiger partial charge is 0.236 e. The van der Waals surface area contributed by atoms with Gasteiger partial charge in [0.1, 0.15) is 0 Å². The van der Waals surface area contributed by atoms with Crippen molar-refractivity contribution in [1.82, 2.24) is 10.2 Å². The zero-order valence-corrected chi connectivity index (χ0v) is 10.4. The van der Waals surface area contributed by atoms with Gasteiger partial charge in [-0.15, -0.1) is 0 Å². The Kier molecular flexibility index (Phi) is 3.85. The third-order valence-corrected chi connectivity index (χ3v) is 4.19. The molecule has 3 nitrogen and oxygen atoms in total. The SMILES string of the molecule is CCC1(CNCC(=O)N2CCCCC2)CC1. The molecule has 0 aromatic rings. The summed E-state index contributed by atoms with van der Waals surface area (Å²) in [5.41, 5.74) is 0.544. The Bertz CT molecular complexity index is 242. The maximum Gasteiger partial charge on any atom is 0.236 e. The predicted octanol–water partition coefficient (Wildman–Crippen LogP) is 1.78. The first-order chi connectivity index (χ1) is 7.76. The average Bonchev–Trinajstić information content (AvgIpc) is 3.11. The molecule has 0 aromatic heterocycles. The summed E-state index contributed by atoms with van der Waals surface area (Å²) >= 11 is 0. The number of rotatable bonds is 5. The molecule has 1 heterocycles. The molecule has 0 unspecified atom stereocenters. The van der Waals surface area contributed by atoms with E-state index in [0.29, 0.717) is 17.9 Å². The molecule has 1 N–H and O–H groups in total. The second-order valence-electron chi connectivity index (χ2n) is 5.40. The van der Waals surface area contributed by atoms with Crippen LogP contribution in [0, 0.1) is 5.41 Å². The first-order valence-electron chi connectivity index (χ1n) is 6.74. The topological polar surface area (TPSA) is 32.3 Å². The van der Waals surface area contributed by atoms with Crippen LogP contribution in [0.15, 0.2) is 0 Å². The Balaban J connectivity index is 1.63. The van der Waals surface area contributed by atoms with Crippen molar-refractivity contribution in [3.63, 3.8) is 0 Å². The van der Waals surface area contributed by atoms with E-state index >= 15 is 0 Å². The molecule has 1 saturated heterocycles. The maximum atomic E-state index is 11.9. The largest absolute Gasteiger partial charge is 0.342 e. The summed E-state index contributed by atoms with van der Waals surface area (Å²) < 4.78 is 0. The number of carbonyl (C=O) groups is 1. The standard InChI is InChI=1S/C13H24N2O/c1-2-13(6-7-13)11-14-10-12(16)15-8-4-3-5-9-15/h14H,2-11H2,1H3. The second-order valence-corrected chi connectivity index (χ2v) is 5.40. The van der Waals surface area contributed by atoms with Crippen LogP contribution in [0.25, 0.3) is 0 Å². The summed E-state index contributed by atoms with van der Waals surface area (Å²) in [4.78, 5) is 13.9. The van der Waals surface area contributed by atoms with Crippen molar-refractivity contribution >= 4 is 5.91 Å². The lowest BCUT2D eigenvalue weighted by Crippen LogP contribution is -2.42. The van der Waals surface area contributed by atoms with Gasteiger partial charge in [0, 0.05) is 19.6 Å². The van der Waals surface area contributed by atoms with Crippen LogP contribution in [-0.4, -0.2) is 37.0 Å². The number of piperidine rings is 1. The van der Waals surface area contributed by atoms with Gasteiger partial charge in [-0.2, -0.15) is 0 Å². The summed E-state index contributed by atoms with van der Waals surface area (Å²) in [5.74, 6) is 0.298. The Morgan fingerprint density at radius 1 is 1.25 bits per heavy atom. The Labute approximate surface area is 98.6 Å². The van der Waals surface area contributed by atoms with Gasteiger partial charge in [0.2, 0.25) is 5.91 Å². The third-order valence-electron chi connectivity index (χ3n) is 4.19. The van der Waals surface area contributed by atoms with Crippen LogP contribution in [0.5, 0.6) is 0 Å². The number of nitrogens with one attached hydrogen (secondary N) is 1. The Morgan fingerprint density at radius 2 is 1.94 bits per heavy atom. The minimum absolute atomic E-state index is 0.298. The molecule has 1 amide bonds. The molecule has 2 fully saturated rings. The molecule has 2 rings (SSSR count). The van der Waals surface area contributed by atoms with Crippen LogP contribution in [0.2, 0.25) is 0 Å². The molecule has 92 valence electrons. The fourth-order valence-electron chi connectivity index (χ4n) is 2.52. The quantitative estimate of drug-likeness (QED) is 0.772. The van der Waals surface area contributed by atoms with E-state index in [9.17, 15) is 4.79 Å². The van der Waals surface area contributed by atoms with E-state index in [1.165, 1.54) is 38.5 Å². The number of amides is 1. The third kappa shape index (κ3) is 2.97. The van der Waals surface area contributed by atoms with Gasteiger partial charge < -0.3 is 10.2 Å². The van der Waals surface area contributed by atoms with Crippen molar-refractivity contribution in [1.29, 1.82) is 0 Å². The highest BCUT2D eigenvalue weighted by Gasteiger charge is 2.40. The lowest BCUT2D eigenvalue weighted by molar-refractivity contribution is -0.131. The van der Waals surface area contributed by atoms with Gasteiger partial charge in [-0.1, -0.05) is 6.92 Å². The summed E-state index contributed by atoms with van der Waals surface area (Å²) in [6.45, 7) is 5.77. The average molecular weight is 224 g/mol. The highest BCUT2D eigenvalue weighted by Crippen LogP contribution is 2.47. The first-order valence-corrected chi connectivity index (χ1v) is 6.74. The van der Waals surface area contributed by atoms with Gasteiger partial charge in [-0.05, 0) is 43.9 Å². The van der Waals surface area contributed by atoms with Crippen LogP contribution in [0.3, 0.4) is 0 Å². The van der Waals surface area contributed by atoms with Gasteiger partial charge in [0.15, 0.2) is 0 Å². The molecular weight excluding hydrogens is 200 g/mol. The van der Waals surface area contributed by atoms with Crippen molar-refractivity contribution in [3.05, 3.63) is 0 Å². The lowest BCUT2D eigenvalue weighted by atomic mass is 10.0. The molecule has 0 atom stereocenters. The Hall–Kier alpha value is -0.570. The molecular formula is C13H24N2O. The molecule has 1 saturated carbocycles. The normalized spacial score (nSPS) is 23.2. The Morgan fingerprint density at radius 3 is 2.50 bits per heavy atom. The highest BCUT2D eigenvalue weighted by molar-refractivity contribution is 5.78. The van der Waals surface area contributed by atoms with Crippen molar-refractivity contribution in [3.8, 4) is 0 Å². The van der Waals surface area contributed by atoms with Crippen LogP contribution in [-0.2, 0) is 4.79 Å². The van der Waals surface area contributed by atoms with Crippen molar-refractivity contribution in [2.75, 3.05) is 26.2 Å². The van der Waals surface area contributed by atoms with Crippen LogP contribution in [0.4, 0.5) is 0 Å². The molecule has 16 heavy (non-hydrogen) atoms. The number of likely N-dealkylation sites (tertiary alicyclic amines) is 1. The zero-order valence-electron chi connectivity index (χ0n) is 10.4. The number of carbonyl (C=O) groups excluding carboxylic acids is 1. The van der Waals surface area contributed by atoms with Crippen LogP contribution >= 0.6 is 0 Å². The van der Waals surface area contributed by atoms with Crippen molar-refractivity contribution < 1.29 is 4.79 Å². The fraction of sp³-hybridized carbons (Fsp3) is 0.923. The van der Waals surface area contributed by atoms with Crippen molar-refractivity contribution in [2.45, 2.75) is 45.4 Å². The lowest BCUT2D eigenvalue weighted by Gasteiger charge is -2.27.